The maximum atomic E-state index is 6.03. The zero-order valence-corrected chi connectivity index (χ0v) is 14.6. The molecule has 1 unspecified atom stereocenters. The number of hydrogen-bond acceptors (Lipinski definition) is 6. The first-order chi connectivity index (χ1) is 12.2. The lowest BCUT2D eigenvalue weighted by molar-refractivity contribution is 0.0255. The summed E-state index contributed by atoms with van der Waals surface area (Å²) >= 11 is 6.03. The molecule has 0 radical (unpaired) electrons. The molecule has 2 aromatic heterocycles. The predicted molar refractivity (Wildman–Crippen MR) is 93.7 cm³/mol. The number of aromatic nitrogens is 4. The molecule has 0 spiro atoms. The average Bonchev–Trinajstić information content (AvgIpc) is 3.25. The Labute approximate surface area is 150 Å². The standard InChI is InChI=1S/C17H18ClN5O2/c1-12-8-19-23(9-12)11-15-10-22(5-6-24-15)17-20-16(21-25-17)13-3-2-4-14(18)7-13/h2-4,7-9,15H,5-6,10-11H2,1H3. The number of morpholine rings is 1. The van der Waals surface area contributed by atoms with Crippen LogP contribution in [0.4, 0.5) is 6.01 Å². The van der Waals surface area contributed by atoms with Gasteiger partial charge in [0.2, 0.25) is 5.82 Å². The predicted octanol–water partition coefficient (Wildman–Crippen LogP) is 2.80. The summed E-state index contributed by atoms with van der Waals surface area (Å²) in [5, 5.41) is 9.03. The van der Waals surface area contributed by atoms with Crippen molar-refractivity contribution in [2.75, 3.05) is 24.6 Å². The van der Waals surface area contributed by atoms with Crippen molar-refractivity contribution in [3.05, 3.63) is 47.2 Å². The molecule has 3 heterocycles. The van der Waals surface area contributed by atoms with E-state index in [9.17, 15) is 0 Å². The SMILES string of the molecule is Cc1cnn(CC2CN(c3nc(-c4cccc(Cl)c4)no3)CCO2)c1. The fraction of sp³-hybridized carbons (Fsp3) is 0.353. The van der Waals surface area contributed by atoms with E-state index in [-0.39, 0.29) is 6.10 Å². The maximum Gasteiger partial charge on any atom is 0.324 e. The van der Waals surface area contributed by atoms with Crippen LogP contribution in [0.3, 0.4) is 0 Å². The van der Waals surface area contributed by atoms with E-state index < -0.39 is 0 Å². The summed E-state index contributed by atoms with van der Waals surface area (Å²) < 4.78 is 13.2. The molecule has 0 N–H and O–H groups in total. The fourth-order valence-electron chi connectivity index (χ4n) is 2.87. The molecule has 0 saturated carbocycles. The summed E-state index contributed by atoms with van der Waals surface area (Å²) in [6.45, 7) is 4.72. The van der Waals surface area contributed by atoms with E-state index in [0.717, 1.165) is 11.1 Å². The second-order valence-electron chi connectivity index (χ2n) is 6.09. The molecule has 7 nitrogen and oxygen atoms in total. The van der Waals surface area contributed by atoms with Crippen LogP contribution < -0.4 is 4.90 Å². The van der Waals surface area contributed by atoms with Crippen LogP contribution in [0.5, 0.6) is 0 Å². The average molecular weight is 360 g/mol. The van der Waals surface area contributed by atoms with Gasteiger partial charge in [-0.3, -0.25) is 4.68 Å². The molecule has 8 heteroatoms. The number of anilines is 1. The van der Waals surface area contributed by atoms with Gasteiger partial charge in [-0.2, -0.15) is 10.1 Å². The number of hydrogen-bond donors (Lipinski definition) is 0. The van der Waals surface area contributed by atoms with E-state index in [2.05, 4.69) is 15.2 Å². The number of benzene rings is 1. The van der Waals surface area contributed by atoms with Crippen LogP contribution in [0.15, 0.2) is 41.2 Å². The van der Waals surface area contributed by atoms with Gasteiger partial charge in [-0.15, -0.1) is 0 Å². The van der Waals surface area contributed by atoms with Gasteiger partial charge in [0.15, 0.2) is 0 Å². The smallest absolute Gasteiger partial charge is 0.324 e. The summed E-state index contributed by atoms with van der Waals surface area (Å²) in [7, 11) is 0. The third kappa shape index (κ3) is 3.67. The highest BCUT2D eigenvalue weighted by Crippen LogP contribution is 2.23. The highest BCUT2D eigenvalue weighted by Gasteiger charge is 2.25. The monoisotopic (exact) mass is 359 g/mol. The summed E-state index contributed by atoms with van der Waals surface area (Å²) in [6.07, 6.45) is 3.87. The lowest BCUT2D eigenvalue weighted by Crippen LogP contribution is -2.44. The second kappa shape index (κ2) is 6.85. The van der Waals surface area contributed by atoms with Crippen molar-refractivity contribution in [1.82, 2.24) is 19.9 Å². The molecule has 0 amide bonds. The molecule has 1 aliphatic heterocycles. The van der Waals surface area contributed by atoms with Crippen LogP contribution in [0.1, 0.15) is 5.56 Å². The number of aryl methyl sites for hydroxylation is 1. The second-order valence-corrected chi connectivity index (χ2v) is 6.53. The Kier molecular flexibility index (Phi) is 4.42. The van der Waals surface area contributed by atoms with Crippen molar-refractivity contribution in [2.24, 2.45) is 0 Å². The van der Waals surface area contributed by atoms with Gasteiger partial charge in [-0.1, -0.05) is 28.9 Å². The molecule has 0 aliphatic carbocycles. The van der Waals surface area contributed by atoms with E-state index in [1.807, 2.05) is 53.2 Å². The first-order valence-corrected chi connectivity index (χ1v) is 8.50. The van der Waals surface area contributed by atoms with Gasteiger partial charge in [0.25, 0.3) is 0 Å². The molecule has 1 atom stereocenters. The van der Waals surface area contributed by atoms with Crippen molar-refractivity contribution in [1.29, 1.82) is 0 Å². The van der Waals surface area contributed by atoms with E-state index in [0.29, 0.717) is 43.1 Å². The van der Waals surface area contributed by atoms with Crippen LogP contribution in [-0.4, -0.2) is 45.7 Å². The molecule has 3 aromatic rings. The van der Waals surface area contributed by atoms with Crippen LogP contribution in [0.2, 0.25) is 5.02 Å². The van der Waals surface area contributed by atoms with Crippen LogP contribution in [0, 0.1) is 6.92 Å². The van der Waals surface area contributed by atoms with E-state index >= 15 is 0 Å². The number of halogens is 1. The van der Waals surface area contributed by atoms with Crippen LogP contribution >= 0.6 is 11.6 Å². The van der Waals surface area contributed by atoms with Crippen molar-refractivity contribution >= 4 is 17.6 Å². The first kappa shape index (κ1) is 16.1. The summed E-state index contributed by atoms with van der Waals surface area (Å²) in [4.78, 5) is 6.55. The minimum absolute atomic E-state index is 0.0227. The molecule has 1 fully saturated rings. The lowest BCUT2D eigenvalue weighted by Gasteiger charge is -2.31. The fourth-order valence-corrected chi connectivity index (χ4v) is 3.06. The Balaban J connectivity index is 1.46. The number of rotatable bonds is 4. The van der Waals surface area contributed by atoms with E-state index in [4.69, 9.17) is 20.9 Å². The van der Waals surface area contributed by atoms with Crippen LogP contribution in [-0.2, 0) is 11.3 Å². The van der Waals surface area contributed by atoms with Crippen molar-refractivity contribution in [3.8, 4) is 11.4 Å². The highest BCUT2D eigenvalue weighted by molar-refractivity contribution is 6.30. The third-order valence-electron chi connectivity index (χ3n) is 4.06. The third-order valence-corrected chi connectivity index (χ3v) is 4.30. The minimum atomic E-state index is 0.0227. The van der Waals surface area contributed by atoms with Crippen LogP contribution in [0.25, 0.3) is 11.4 Å². The Hall–Kier alpha value is -2.38. The Morgan fingerprint density at radius 3 is 3.08 bits per heavy atom. The minimum Gasteiger partial charge on any atom is -0.373 e. The normalized spacial score (nSPS) is 17.8. The molecule has 0 bridgehead atoms. The summed E-state index contributed by atoms with van der Waals surface area (Å²) in [5.74, 6) is 0.531. The molecule has 4 rings (SSSR count). The van der Waals surface area contributed by atoms with Crippen molar-refractivity contribution in [3.63, 3.8) is 0 Å². The number of ether oxygens (including phenoxy) is 1. The molecular formula is C17H18ClN5O2. The van der Waals surface area contributed by atoms with Crippen molar-refractivity contribution in [2.45, 2.75) is 19.6 Å². The molecular weight excluding hydrogens is 342 g/mol. The van der Waals surface area contributed by atoms with Gasteiger partial charge in [0.1, 0.15) is 0 Å². The largest absolute Gasteiger partial charge is 0.373 e. The Bertz CT molecular complexity index is 862. The lowest BCUT2D eigenvalue weighted by atomic mass is 10.2. The molecule has 1 saturated heterocycles. The van der Waals surface area contributed by atoms with E-state index in [1.54, 1.807) is 0 Å². The highest BCUT2D eigenvalue weighted by atomic mass is 35.5. The zero-order chi connectivity index (χ0) is 17.2. The molecule has 130 valence electrons. The maximum absolute atomic E-state index is 6.03. The topological polar surface area (TPSA) is 69.2 Å². The number of nitrogens with zero attached hydrogens (tertiary/aromatic N) is 5. The van der Waals surface area contributed by atoms with Crippen molar-refractivity contribution < 1.29 is 9.26 Å². The van der Waals surface area contributed by atoms with Gasteiger partial charge in [0.05, 0.1) is 32.0 Å². The van der Waals surface area contributed by atoms with Gasteiger partial charge in [-0.05, 0) is 24.6 Å². The Morgan fingerprint density at radius 1 is 1.36 bits per heavy atom. The molecule has 1 aromatic carbocycles. The zero-order valence-electron chi connectivity index (χ0n) is 13.8. The van der Waals surface area contributed by atoms with Gasteiger partial charge >= 0.3 is 6.01 Å². The quantitative estimate of drug-likeness (QED) is 0.713. The first-order valence-electron chi connectivity index (χ1n) is 8.12. The van der Waals surface area contributed by atoms with Gasteiger partial charge in [-0.25, -0.2) is 0 Å². The summed E-state index contributed by atoms with van der Waals surface area (Å²) in [6, 6.07) is 7.90. The van der Waals surface area contributed by atoms with Gasteiger partial charge < -0.3 is 14.2 Å². The molecule has 1 aliphatic rings. The molecule has 25 heavy (non-hydrogen) atoms. The Morgan fingerprint density at radius 2 is 2.28 bits per heavy atom. The summed E-state index contributed by atoms with van der Waals surface area (Å²) in [5.41, 5.74) is 1.97. The van der Waals surface area contributed by atoms with Gasteiger partial charge in [0, 0.05) is 23.3 Å². The van der Waals surface area contributed by atoms with E-state index in [1.165, 1.54) is 0 Å².